The number of methoxy groups -OCH3 is 1. The Labute approximate surface area is 119 Å². The molecular weight excluding hydrogens is 258 g/mol. The maximum absolute atomic E-state index is 12.1. The van der Waals surface area contributed by atoms with Crippen LogP contribution in [0.15, 0.2) is 30.3 Å². The molecular formula is C15H21NO4. The van der Waals surface area contributed by atoms with Crippen molar-refractivity contribution in [3.05, 3.63) is 35.9 Å². The van der Waals surface area contributed by atoms with E-state index in [1.54, 1.807) is 0 Å². The maximum Gasteiger partial charge on any atom is 0.303 e. The highest BCUT2D eigenvalue weighted by Gasteiger charge is 2.23. The Balaban J connectivity index is 2.73. The lowest BCUT2D eigenvalue weighted by molar-refractivity contribution is -0.155. The zero-order valence-corrected chi connectivity index (χ0v) is 12.1. The monoisotopic (exact) mass is 279 g/mol. The molecule has 0 radical (unpaired) electrons. The number of carbonyl (C=O) groups excluding carboxylic acids is 2. The maximum atomic E-state index is 12.1. The smallest absolute Gasteiger partial charge is 0.303 e. The second-order valence-electron chi connectivity index (χ2n) is 4.43. The fourth-order valence-corrected chi connectivity index (χ4v) is 1.80. The summed E-state index contributed by atoms with van der Waals surface area (Å²) in [5.41, 5.74) is 0.930. The number of hydrogen-bond acceptors (Lipinski definition) is 4. The molecule has 0 saturated heterocycles. The highest BCUT2D eigenvalue weighted by molar-refractivity contribution is 5.83. The molecule has 0 aliphatic heterocycles. The van der Waals surface area contributed by atoms with Crippen molar-refractivity contribution in [3.63, 3.8) is 0 Å². The van der Waals surface area contributed by atoms with Gasteiger partial charge in [-0.2, -0.15) is 0 Å². The molecule has 110 valence electrons. The van der Waals surface area contributed by atoms with Gasteiger partial charge in [0.2, 0.25) is 0 Å². The van der Waals surface area contributed by atoms with Gasteiger partial charge < -0.3 is 14.8 Å². The van der Waals surface area contributed by atoms with Crippen LogP contribution in [0.2, 0.25) is 0 Å². The van der Waals surface area contributed by atoms with Crippen molar-refractivity contribution in [2.45, 2.75) is 39.0 Å². The summed E-state index contributed by atoms with van der Waals surface area (Å²) in [4.78, 5) is 23.3. The minimum absolute atomic E-state index is 0.340. The van der Waals surface area contributed by atoms with Crippen molar-refractivity contribution >= 4 is 11.9 Å². The van der Waals surface area contributed by atoms with Crippen LogP contribution in [0.3, 0.4) is 0 Å². The van der Waals surface area contributed by atoms with Gasteiger partial charge in [0.25, 0.3) is 5.91 Å². The second kappa shape index (κ2) is 8.32. The van der Waals surface area contributed by atoms with E-state index in [9.17, 15) is 9.59 Å². The summed E-state index contributed by atoms with van der Waals surface area (Å²) in [5, 5.41) is 2.70. The zero-order valence-electron chi connectivity index (χ0n) is 12.1. The van der Waals surface area contributed by atoms with Gasteiger partial charge in [-0.3, -0.25) is 9.59 Å². The Hall–Kier alpha value is -1.88. The number of rotatable bonds is 7. The van der Waals surface area contributed by atoms with E-state index in [0.717, 1.165) is 5.56 Å². The van der Waals surface area contributed by atoms with Gasteiger partial charge in [0.05, 0.1) is 0 Å². The normalized spacial score (nSPS) is 13.3. The fraction of sp³-hybridized carbons (Fsp3) is 0.467. The quantitative estimate of drug-likeness (QED) is 0.609. The summed E-state index contributed by atoms with van der Waals surface area (Å²) in [7, 11) is 1.52. The van der Waals surface area contributed by atoms with Crippen LogP contribution in [0.5, 0.6) is 0 Å². The predicted molar refractivity (Wildman–Crippen MR) is 74.9 cm³/mol. The topological polar surface area (TPSA) is 64.6 Å². The molecule has 0 unspecified atom stereocenters. The van der Waals surface area contributed by atoms with Gasteiger partial charge in [0.15, 0.2) is 6.10 Å². The molecule has 5 heteroatoms. The second-order valence-corrected chi connectivity index (χ2v) is 4.43. The Morgan fingerprint density at radius 3 is 2.40 bits per heavy atom. The number of benzene rings is 1. The first-order valence-electron chi connectivity index (χ1n) is 6.61. The molecule has 0 aliphatic rings. The molecule has 2 atom stereocenters. The summed E-state index contributed by atoms with van der Waals surface area (Å²) in [6, 6.07) is 9.42. The van der Waals surface area contributed by atoms with Crippen LogP contribution in [0, 0.1) is 0 Å². The number of nitrogens with one attached hydrogen (secondary N) is 1. The van der Waals surface area contributed by atoms with Crippen LogP contribution in [0.1, 0.15) is 25.8 Å². The van der Waals surface area contributed by atoms with Crippen molar-refractivity contribution in [1.82, 2.24) is 5.32 Å². The van der Waals surface area contributed by atoms with Crippen LogP contribution < -0.4 is 5.32 Å². The van der Waals surface area contributed by atoms with Gasteiger partial charge in [0, 0.05) is 20.5 Å². The van der Waals surface area contributed by atoms with E-state index in [1.165, 1.54) is 14.0 Å². The summed E-state index contributed by atoms with van der Waals surface area (Å²) >= 11 is 0. The molecule has 0 saturated carbocycles. The van der Waals surface area contributed by atoms with E-state index in [1.807, 2.05) is 37.3 Å². The third kappa shape index (κ3) is 5.40. The van der Waals surface area contributed by atoms with Gasteiger partial charge in [-0.1, -0.05) is 37.3 Å². The molecule has 0 fully saturated rings. The van der Waals surface area contributed by atoms with Crippen LogP contribution in [-0.2, 0) is 25.5 Å². The zero-order chi connectivity index (χ0) is 15.0. The molecule has 0 heterocycles. The molecule has 0 spiro atoms. The van der Waals surface area contributed by atoms with E-state index < -0.39 is 12.1 Å². The van der Waals surface area contributed by atoms with Crippen molar-refractivity contribution in [3.8, 4) is 0 Å². The first-order valence-corrected chi connectivity index (χ1v) is 6.61. The Morgan fingerprint density at radius 1 is 1.25 bits per heavy atom. The first-order chi connectivity index (χ1) is 9.56. The summed E-state index contributed by atoms with van der Waals surface area (Å²) in [5.74, 6) is -0.829. The molecule has 1 N–H and O–H groups in total. The van der Waals surface area contributed by atoms with Crippen LogP contribution in [0.25, 0.3) is 0 Å². The van der Waals surface area contributed by atoms with E-state index in [2.05, 4.69) is 5.32 Å². The number of esters is 1. The standard InChI is InChI=1S/C15H21NO4/c1-4-14(19-3)16-15(18)13(20-11(2)17)10-12-8-6-5-7-9-12/h5-9,13-14H,4,10H2,1-3H3,(H,16,18)/t13-,14+/m0/s1. The van der Waals surface area contributed by atoms with Gasteiger partial charge in [-0.05, 0) is 12.0 Å². The third-order valence-electron chi connectivity index (χ3n) is 2.82. The van der Waals surface area contributed by atoms with Gasteiger partial charge in [-0.25, -0.2) is 0 Å². The minimum Gasteiger partial charge on any atom is -0.452 e. The van der Waals surface area contributed by atoms with E-state index in [-0.39, 0.29) is 12.1 Å². The average Bonchev–Trinajstić information content (AvgIpc) is 2.44. The largest absolute Gasteiger partial charge is 0.452 e. The van der Waals surface area contributed by atoms with Gasteiger partial charge in [-0.15, -0.1) is 0 Å². The first kappa shape index (κ1) is 16.2. The van der Waals surface area contributed by atoms with E-state index in [0.29, 0.717) is 12.8 Å². The number of hydrogen-bond donors (Lipinski definition) is 1. The number of amides is 1. The SMILES string of the molecule is CC[C@H](NC(=O)[C@H](Cc1ccccc1)OC(C)=O)OC. The average molecular weight is 279 g/mol. The summed E-state index contributed by atoms with van der Waals surface area (Å²) in [6.45, 7) is 3.19. The van der Waals surface area contributed by atoms with Crippen molar-refractivity contribution in [2.75, 3.05) is 7.11 Å². The lowest BCUT2D eigenvalue weighted by atomic mass is 10.1. The number of carbonyl (C=O) groups is 2. The molecule has 0 bridgehead atoms. The Bertz CT molecular complexity index is 429. The van der Waals surface area contributed by atoms with Crippen molar-refractivity contribution in [2.24, 2.45) is 0 Å². The molecule has 1 amide bonds. The van der Waals surface area contributed by atoms with Crippen molar-refractivity contribution in [1.29, 1.82) is 0 Å². The molecule has 1 rings (SSSR count). The highest BCUT2D eigenvalue weighted by Crippen LogP contribution is 2.07. The molecule has 1 aromatic rings. The van der Waals surface area contributed by atoms with Crippen LogP contribution in [0.4, 0.5) is 0 Å². The van der Waals surface area contributed by atoms with E-state index in [4.69, 9.17) is 9.47 Å². The molecule has 0 aromatic heterocycles. The highest BCUT2D eigenvalue weighted by atomic mass is 16.5. The van der Waals surface area contributed by atoms with E-state index >= 15 is 0 Å². The molecule has 0 aliphatic carbocycles. The van der Waals surface area contributed by atoms with Crippen molar-refractivity contribution < 1.29 is 19.1 Å². The molecule has 20 heavy (non-hydrogen) atoms. The summed E-state index contributed by atoms with van der Waals surface area (Å²) < 4.78 is 10.2. The molecule has 1 aromatic carbocycles. The predicted octanol–water partition coefficient (Wildman–Crippen LogP) is 1.66. The minimum atomic E-state index is -0.848. The third-order valence-corrected chi connectivity index (χ3v) is 2.82. The Morgan fingerprint density at radius 2 is 1.90 bits per heavy atom. The lowest BCUT2D eigenvalue weighted by Gasteiger charge is -2.20. The molecule has 5 nitrogen and oxygen atoms in total. The van der Waals surface area contributed by atoms with Gasteiger partial charge >= 0.3 is 5.97 Å². The lowest BCUT2D eigenvalue weighted by Crippen LogP contribution is -2.44. The number of ether oxygens (including phenoxy) is 2. The Kier molecular flexibility index (Phi) is 6.73. The fourth-order valence-electron chi connectivity index (χ4n) is 1.80. The summed E-state index contributed by atoms with van der Waals surface area (Å²) in [6.07, 6.45) is -0.248. The van der Waals surface area contributed by atoms with Crippen LogP contribution >= 0.6 is 0 Å². The van der Waals surface area contributed by atoms with Crippen LogP contribution in [-0.4, -0.2) is 31.3 Å². The van der Waals surface area contributed by atoms with Gasteiger partial charge in [0.1, 0.15) is 6.23 Å².